The van der Waals surface area contributed by atoms with Crippen molar-refractivity contribution in [2.45, 2.75) is 19.6 Å². The maximum Gasteiger partial charge on any atom is 0.148 e. The molecule has 142 valence electrons. The van der Waals surface area contributed by atoms with Crippen molar-refractivity contribution in [1.82, 2.24) is 9.55 Å². The minimum atomic E-state index is 0.359. The molecule has 0 aliphatic carbocycles. The molecule has 5 heteroatoms. The quantitative estimate of drug-likeness (QED) is 0.359. The van der Waals surface area contributed by atoms with Crippen LogP contribution in [0.25, 0.3) is 11.0 Å². The van der Waals surface area contributed by atoms with E-state index in [-0.39, 0.29) is 0 Å². The minimum absolute atomic E-state index is 0.359. The zero-order chi connectivity index (χ0) is 19.2. The fourth-order valence-corrected chi connectivity index (χ4v) is 3.31. The van der Waals surface area contributed by atoms with Crippen LogP contribution in [-0.4, -0.2) is 16.2 Å². The highest BCUT2D eigenvalue weighted by Gasteiger charge is 2.12. The van der Waals surface area contributed by atoms with Crippen LogP contribution in [0.2, 0.25) is 5.02 Å². The number of aryl methyl sites for hydroxylation is 1. The largest absolute Gasteiger partial charge is 0.494 e. The summed E-state index contributed by atoms with van der Waals surface area (Å²) in [6.45, 7) is 1.80. The van der Waals surface area contributed by atoms with E-state index >= 15 is 0 Å². The summed E-state index contributed by atoms with van der Waals surface area (Å²) < 4.78 is 13.9. The molecule has 4 rings (SSSR count). The number of aromatic nitrogens is 2. The Morgan fingerprint density at radius 2 is 1.57 bits per heavy atom. The van der Waals surface area contributed by atoms with Crippen LogP contribution >= 0.6 is 11.6 Å². The Labute approximate surface area is 169 Å². The van der Waals surface area contributed by atoms with Crippen LogP contribution in [0.3, 0.4) is 0 Å². The molecule has 0 saturated carbocycles. The molecule has 4 nitrogen and oxygen atoms in total. The second-order valence-corrected chi connectivity index (χ2v) is 6.81. The Balaban J connectivity index is 1.46. The van der Waals surface area contributed by atoms with Crippen LogP contribution in [0.15, 0.2) is 78.9 Å². The van der Waals surface area contributed by atoms with E-state index in [0.29, 0.717) is 24.0 Å². The van der Waals surface area contributed by atoms with Crippen LogP contribution in [-0.2, 0) is 13.2 Å². The first kappa shape index (κ1) is 18.4. The van der Waals surface area contributed by atoms with Crippen molar-refractivity contribution in [2.75, 3.05) is 6.61 Å². The van der Waals surface area contributed by atoms with E-state index in [0.717, 1.165) is 35.6 Å². The molecule has 0 aliphatic heterocycles. The van der Waals surface area contributed by atoms with Gasteiger partial charge in [0.05, 0.1) is 22.7 Å². The number of benzene rings is 3. The van der Waals surface area contributed by atoms with Gasteiger partial charge in [-0.25, -0.2) is 4.98 Å². The first-order valence-electron chi connectivity index (χ1n) is 9.30. The zero-order valence-electron chi connectivity index (χ0n) is 15.4. The van der Waals surface area contributed by atoms with Gasteiger partial charge in [0.1, 0.15) is 23.9 Å². The number of hydrogen-bond donors (Lipinski definition) is 0. The van der Waals surface area contributed by atoms with Crippen molar-refractivity contribution >= 4 is 22.6 Å². The SMILES string of the molecule is Clc1ccccc1OCc1nc2ccccc2n1CCCOc1ccccc1. The van der Waals surface area contributed by atoms with Crippen LogP contribution in [0, 0.1) is 0 Å². The highest BCUT2D eigenvalue weighted by molar-refractivity contribution is 6.32. The number of rotatable bonds is 8. The van der Waals surface area contributed by atoms with Gasteiger partial charge in [0, 0.05) is 6.54 Å². The van der Waals surface area contributed by atoms with E-state index in [9.17, 15) is 0 Å². The standard InChI is InChI=1S/C23H21ClN2O2/c24-19-11-4-7-14-22(19)28-17-23-25-20-12-5-6-13-21(20)26(23)15-8-16-27-18-9-2-1-3-10-18/h1-7,9-14H,8,15-17H2. The van der Waals surface area contributed by atoms with Crippen molar-refractivity contribution in [1.29, 1.82) is 0 Å². The number of ether oxygens (including phenoxy) is 2. The summed E-state index contributed by atoms with van der Waals surface area (Å²) in [5, 5.41) is 0.599. The Kier molecular flexibility index (Phi) is 5.78. The molecule has 0 spiro atoms. The van der Waals surface area contributed by atoms with Gasteiger partial charge in [-0.15, -0.1) is 0 Å². The molecule has 0 atom stereocenters. The van der Waals surface area contributed by atoms with E-state index in [4.69, 9.17) is 26.1 Å². The number of halogens is 1. The topological polar surface area (TPSA) is 36.3 Å². The summed E-state index contributed by atoms with van der Waals surface area (Å²) in [7, 11) is 0. The van der Waals surface area contributed by atoms with Gasteiger partial charge in [-0.2, -0.15) is 0 Å². The lowest BCUT2D eigenvalue weighted by Crippen LogP contribution is -2.10. The fourth-order valence-electron chi connectivity index (χ4n) is 3.12. The fraction of sp³-hybridized carbons (Fsp3) is 0.174. The lowest BCUT2D eigenvalue weighted by Gasteiger charge is -2.12. The minimum Gasteiger partial charge on any atom is -0.494 e. The molecule has 0 N–H and O–H groups in total. The van der Waals surface area contributed by atoms with Gasteiger partial charge in [0.25, 0.3) is 0 Å². The van der Waals surface area contributed by atoms with Gasteiger partial charge in [-0.1, -0.05) is 54.1 Å². The summed E-state index contributed by atoms with van der Waals surface area (Å²) >= 11 is 6.20. The first-order valence-corrected chi connectivity index (χ1v) is 9.68. The number of nitrogens with zero attached hydrogens (tertiary/aromatic N) is 2. The molecule has 0 aliphatic rings. The molecule has 1 aromatic heterocycles. The molecular formula is C23H21ClN2O2. The molecule has 0 bridgehead atoms. The molecular weight excluding hydrogens is 372 g/mol. The first-order chi connectivity index (χ1) is 13.8. The third kappa shape index (κ3) is 4.29. The van der Waals surface area contributed by atoms with Gasteiger partial charge < -0.3 is 14.0 Å². The maximum absolute atomic E-state index is 6.20. The average molecular weight is 393 g/mol. The maximum atomic E-state index is 6.20. The predicted molar refractivity (Wildman–Crippen MR) is 112 cm³/mol. The normalized spacial score (nSPS) is 10.9. The summed E-state index contributed by atoms with van der Waals surface area (Å²) in [5.41, 5.74) is 2.06. The molecule has 0 saturated heterocycles. The molecule has 28 heavy (non-hydrogen) atoms. The zero-order valence-corrected chi connectivity index (χ0v) is 16.2. The predicted octanol–water partition coefficient (Wildman–Crippen LogP) is 5.74. The van der Waals surface area contributed by atoms with Crippen LogP contribution in [0.1, 0.15) is 12.2 Å². The van der Waals surface area contributed by atoms with Crippen LogP contribution < -0.4 is 9.47 Å². The lowest BCUT2D eigenvalue weighted by atomic mass is 10.3. The van der Waals surface area contributed by atoms with Crippen molar-refractivity contribution in [3.05, 3.63) is 89.7 Å². The van der Waals surface area contributed by atoms with Crippen molar-refractivity contribution in [2.24, 2.45) is 0 Å². The monoisotopic (exact) mass is 392 g/mol. The molecule has 1 heterocycles. The van der Waals surface area contributed by atoms with Gasteiger partial charge in [0.15, 0.2) is 0 Å². The van der Waals surface area contributed by atoms with Crippen molar-refractivity contribution < 1.29 is 9.47 Å². The van der Waals surface area contributed by atoms with Gasteiger partial charge in [-0.3, -0.25) is 0 Å². The molecule has 0 radical (unpaired) electrons. The van der Waals surface area contributed by atoms with E-state index in [2.05, 4.69) is 10.6 Å². The second-order valence-electron chi connectivity index (χ2n) is 6.40. The van der Waals surface area contributed by atoms with Gasteiger partial charge >= 0.3 is 0 Å². The number of para-hydroxylation sites is 4. The molecule has 3 aromatic carbocycles. The van der Waals surface area contributed by atoms with Gasteiger partial charge in [0.2, 0.25) is 0 Å². The second kappa shape index (κ2) is 8.81. The Bertz CT molecular complexity index is 1050. The number of hydrogen-bond acceptors (Lipinski definition) is 3. The Morgan fingerprint density at radius 3 is 2.43 bits per heavy atom. The Morgan fingerprint density at radius 1 is 0.821 bits per heavy atom. The van der Waals surface area contributed by atoms with Crippen LogP contribution in [0.5, 0.6) is 11.5 Å². The summed E-state index contributed by atoms with van der Waals surface area (Å²) in [5.74, 6) is 2.43. The molecule has 0 amide bonds. The lowest BCUT2D eigenvalue weighted by molar-refractivity contribution is 0.280. The smallest absolute Gasteiger partial charge is 0.148 e. The highest BCUT2D eigenvalue weighted by atomic mass is 35.5. The highest BCUT2D eigenvalue weighted by Crippen LogP contribution is 2.25. The average Bonchev–Trinajstić information content (AvgIpc) is 3.09. The molecule has 0 unspecified atom stereocenters. The summed E-state index contributed by atoms with van der Waals surface area (Å²) in [4.78, 5) is 4.75. The van der Waals surface area contributed by atoms with E-state index in [1.54, 1.807) is 0 Å². The molecule has 4 aromatic rings. The number of imidazole rings is 1. The molecule has 0 fully saturated rings. The van der Waals surface area contributed by atoms with E-state index in [1.807, 2.05) is 72.8 Å². The third-order valence-corrected chi connectivity index (χ3v) is 4.78. The van der Waals surface area contributed by atoms with E-state index in [1.165, 1.54) is 0 Å². The van der Waals surface area contributed by atoms with Crippen LogP contribution in [0.4, 0.5) is 0 Å². The van der Waals surface area contributed by atoms with E-state index < -0.39 is 0 Å². The Hall–Kier alpha value is -2.98. The third-order valence-electron chi connectivity index (χ3n) is 4.47. The summed E-state index contributed by atoms with van der Waals surface area (Å²) in [6.07, 6.45) is 0.869. The van der Waals surface area contributed by atoms with Crippen molar-refractivity contribution in [3.63, 3.8) is 0 Å². The van der Waals surface area contributed by atoms with Crippen molar-refractivity contribution in [3.8, 4) is 11.5 Å². The number of fused-ring (bicyclic) bond motifs is 1. The summed E-state index contributed by atoms with van der Waals surface area (Å²) in [6, 6.07) is 25.5. The van der Waals surface area contributed by atoms with Gasteiger partial charge in [-0.05, 0) is 42.8 Å².